The van der Waals surface area contributed by atoms with E-state index in [1.807, 2.05) is 39.0 Å². The molecular formula is C27H31F2N3OS. The van der Waals surface area contributed by atoms with E-state index >= 15 is 0 Å². The van der Waals surface area contributed by atoms with Crippen LogP contribution in [0.1, 0.15) is 43.7 Å². The van der Waals surface area contributed by atoms with Crippen molar-refractivity contribution in [2.45, 2.75) is 44.3 Å². The molecule has 1 amide bonds. The van der Waals surface area contributed by atoms with Crippen LogP contribution in [0.4, 0.5) is 14.5 Å². The second kappa shape index (κ2) is 10.9. The first kappa shape index (κ1) is 25.6. The maximum atomic E-state index is 14.6. The summed E-state index contributed by atoms with van der Waals surface area (Å²) in [4.78, 5) is 13.1. The van der Waals surface area contributed by atoms with Crippen LogP contribution in [-0.4, -0.2) is 23.1 Å². The molecule has 0 spiro atoms. The highest BCUT2D eigenvalue weighted by atomic mass is 32.2. The Kier molecular flexibility index (Phi) is 8.20. The van der Waals surface area contributed by atoms with Crippen molar-refractivity contribution in [2.75, 3.05) is 12.4 Å². The van der Waals surface area contributed by atoms with E-state index in [0.29, 0.717) is 17.9 Å². The maximum Gasteiger partial charge on any atom is 0.215 e. The molecule has 0 saturated heterocycles. The van der Waals surface area contributed by atoms with Crippen LogP contribution in [0, 0.1) is 18.6 Å². The van der Waals surface area contributed by atoms with Gasteiger partial charge >= 0.3 is 0 Å². The van der Waals surface area contributed by atoms with Gasteiger partial charge in [-0.15, -0.1) is 6.58 Å². The molecular weight excluding hydrogens is 452 g/mol. The van der Waals surface area contributed by atoms with Crippen molar-refractivity contribution in [3.63, 3.8) is 0 Å². The van der Waals surface area contributed by atoms with E-state index in [2.05, 4.69) is 16.6 Å². The first-order valence-electron chi connectivity index (χ1n) is 11.1. The number of hydrogen-bond acceptors (Lipinski definition) is 4. The van der Waals surface area contributed by atoms with Crippen molar-refractivity contribution in [3.05, 3.63) is 101 Å². The highest BCUT2D eigenvalue weighted by Gasteiger charge is 2.55. The zero-order valence-electron chi connectivity index (χ0n) is 20.0. The lowest BCUT2D eigenvalue weighted by Crippen LogP contribution is -2.27. The molecule has 34 heavy (non-hydrogen) atoms. The van der Waals surface area contributed by atoms with Gasteiger partial charge in [-0.05, 0) is 87.0 Å². The second-order valence-electron chi connectivity index (χ2n) is 8.88. The smallest absolute Gasteiger partial charge is 0.215 e. The fourth-order valence-corrected chi connectivity index (χ4v) is 5.09. The van der Waals surface area contributed by atoms with Gasteiger partial charge in [0.2, 0.25) is 6.41 Å². The van der Waals surface area contributed by atoms with Crippen LogP contribution in [0.25, 0.3) is 0 Å². The Hall–Kier alpha value is -3.06. The molecule has 1 fully saturated rings. The number of carbonyl (C=O) groups is 1. The van der Waals surface area contributed by atoms with Gasteiger partial charge in [0.15, 0.2) is 0 Å². The van der Waals surface area contributed by atoms with E-state index in [1.165, 1.54) is 29.0 Å². The van der Waals surface area contributed by atoms with Gasteiger partial charge < -0.3 is 14.9 Å². The monoisotopic (exact) mass is 483 g/mol. The molecule has 2 aromatic carbocycles. The molecule has 1 aliphatic carbocycles. The molecule has 0 bridgehead atoms. The molecule has 4 nitrogen and oxygen atoms in total. The summed E-state index contributed by atoms with van der Waals surface area (Å²) in [6.45, 7) is 9.62. The largest absolute Gasteiger partial charge is 0.337 e. The number of carbonyl (C=O) groups excluding carboxylic acids is 1. The minimum absolute atomic E-state index is 0.168. The quantitative estimate of drug-likeness (QED) is 0.163. The molecule has 0 aromatic heterocycles. The molecule has 2 atom stereocenters. The van der Waals surface area contributed by atoms with Gasteiger partial charge in [0, 0.05) is 17.7 Å². The Bertz CT molecular complexity index is 1130. The number of aryl methyl sites for hydroxylation is 1. The minimum atomic E-state index is -0.405. The number of rotatable bonds is 11. The van der Waals surface area contributed by atoms with E-state index in [9.17, 15) is 13.6 Å². The van der Waals surface area contributed by atoms with E-state index in [-0.39, 0.29) is 22.2 Å². The highest BCUT2D eigenvalue weighted by molar-refractivity contribution is 7.99. The standard InChI is InChI=1S/C27H31F2N3OS/c1-6-12-27(16-22(27)20-8-7-9-21(28)15-20)34-31-25(13-18(2)3)26(32(5)17-33)30-24-11-10-19(4)14-23(24)29/h6-11,13-15,17,22,30-31H,1,12,16H2,2-5H3/b26-25+. The molecule has 1 aliphatic rings. The van der Waals surface area contributed by atoms with Gasteiger partial charge in [-0.1, -0.05) is 29.8 Å². The van der Waals surface area contributed by atoms with Crippen LogP contribution < -0.4 is 10.0 Å². The van der Waals surface area contributed by atoms with E-state index in [0.717, 1.165) is 29.5 Å². The van der Waals surface area contributed by atoms with Gasteiger partial charge in [-0.3, -0.25) is 4.79 Å². The summed E-state index contributed by atoms with van der Waals surface area (Å²) < 4.78 is 31.6. The first-order valence-corrected chi connectivity index (χ1v) is 11.9. The fourth-order valence-electron chi connectivity index (χ4n) is 3.89. The summed E-state index contributed by atoms with van der Waals surface area (Å²) in [7, 11) is 1.61. The number of halogens is 2. The maximum absolute atomic E-state index is 14.6. The second-order valence-corrected chi connectivity index (χ2v) is 10.1. The van der Waals surface area contributed by atoms with E-state index < -0.39 is 5.82 Å². The number of nitrogens with one attached hydrogen (secondary N) is 2. The lowest BCUT2D eigenvalue weighted by Gasteiger charge is -2.24. The zero-order chi connectivity index (χ0) is 24.9. The third kappa shape index (κ3) is 6.08. The van der Waals surface area contributed by atoms with Crippen molar-refractivity contribution in [3.8, 4) is 0 Å². The van der Waals surface area contributed by atoms with Gasteiger partial charge in [0.25, 0.3) is 0 Å². The molecule has 2 unspecified atom stereocenters. The molecule has 3 rings (SSSR count). The summed E-state index contributed by atoms with van der Waals surface area (Å²) >= 11 is 1.52. The number of hydrogen-bond donors (Lipinski definition) is 2. The Balaban J connectivity index is 1.93. The van der Waals surface area contributed by atoms with Crippen molar-refractivity contribution in [2.24, 2.45) is 0 Å². The van der Waals surface area contributed by atoms with Crippen LogP contribution in [-0.2, 0) is 4.79 Å². The van der Waals surface area contributed by atoms with Crippen LogP contribution in [0.5, 0.6) is 0 Å². The fraction of sp³-hybridized carbons (Fsp3) is 0.296. The summed E-state index contributed by atoms with van der Waals surface area (Å²) in [6.07, 6.45) is 6.04. The van der Waals surface area contributed by atoms with Crippen LogP contribution in [0.3, 0.4) is 0 Å². The third-order valence-electron chi connectivity index (χ3n) is 5.71. The summed E-state index contributed by atoms with van der Waals surface area (Å²) in [6, 6.07) is 11.6. The van der Waals surface area contributed by atoms with E-state index in [1.54, 1.807) is 31.3 Å². The average molecular weight is 484 g/mol. The Morgan fingerprint density at radius 2 is 2.03 bits per heavy atom. The molecule has 0 aliphatic heterocycles. The number of benzene rings is 2. The summed E-state index contributed by atoms with van der Waals surface area (Å²) in [5.41, 5.74) is 3.66. The van der Waals surface area contributed by atoms with E-state index in [4.69, 9.17) is 0 Å². The topological polar surface area (TPSA) is 44.4 Å². The molecule has 2 N–H and O–H groups in total. The Morgan fingerprint density at radius 3 is 2.65 bits per heavy atom. The van der Waals surface area contributed by atoms with Gasteiger partial charge in [0.05, 0.1) is 11.4 Å². The van der Waals surface area contributed by atoms with Gasteiger partial charge in [0.1, 0.15) is 17.5 Å². The van der Waals surface area contributed by atoms with Crippen molar-refractivity contribution in [1.82, 2.24) is 9.62 Å². The van der Waals surface area contributed by atoms with Crippen molar-refractivity contribution >= 4 is 24.0 Å². The van der Waals surface area contributed by atoms with Gasteiger partial charge in [-0.2, -0.15) is 0 Å². The Labute approximate surface area is 204 Å². The normalized spacial score (nSPS) is 19.5. The third-order valence-corrected chi connectivity index (χ3v) is 7.05. The zero-order valence-corrected chi connectivity index (χ0v) is 20.8. The van der Waals surface area contributed by atoms with Crippen LogP contribution in [0.2, 0.25) is 0 Å². The molecule has 180 valence electrons. The number of nitrogens with zero attached hydrogens (tertiary/aromatic N) is 1. The highest BCUT2D eigenvalue weighted by Crippen LogP contribution is 2.62. The summed E-state index contributed by atoms with van der Waals surface area (Å²) in [5, 5.41) is 3.08. The predicted molar refractivity (Wildman–Crippen MR) is 137 cm³/mol. The number of allylic oxidation sites excluding steroid dienone is 3. The van der Waals surface area contributed by atoms with Crippen LogP contribution in [0.15, 0.2) is 78.3 Å². The Morgan fingerprint density at radius 1 is 1.26 bits per heavy atom. The lowest BCUT2D eigenvalue weighted by atomic mass is 10.1. The SMILES string of the molecule is C=CCC1(SN/C(C=C(C)C)=C(\Nc2ccc(C)cc2F)N(C)C=O)CC1c1cccc(F)c1. The molecule has 2 aromatic rings. The van der Waals surface area contributed by atoms with Crippen molar-refractivity contribution < 1.29 is 13.6 Å². The molecule has 0 heterocycles. The average Bonchev–Trinajstić information content (AvgIpc) is 3.50. The van der Waals surface area contributed by atoms with Crippen LogP contribution >= 0.6 is 11.9 Å². The number of anilines is 1. The minimum Gasteiger partial charge on any atom is -0.337 e. The van der Waals surface area contributed by atoms with Gasteiger partial charge in [-0.25, -0.2) is 8.78 Å². The molecule has 7 heteroatoms. The number of amides is 1. The first-order chi connectivity index (χ1) is 16.2. The molecule has 1 saturated carbocycles. The predicted octanol–water partition coefficient (Wildman–Crippen LogP) is 6.65. The lowest BCUT2D eigenvalue weighted by molar-refractivity contribution is -0.115. The van der Waals surface area contributed by atoms with Crippen molar-refractivity contribution in [1.29, 1.82) is 0 Å². The molecule has 0 radical (unpaired) electrons. The summed E-state index contributed by atoms with van der Waals surface area (Å²) in [5.74, 6) is -0.0683.